The van der Waals surface area contributed by atoms with Gasteiger partial charge < -0.3 is 14.7 Å². The Morgan fingerprint density at radius 3 is 2.10 bits per heavy atom. The first-order chi connectivity index (χ1) is 19.8. The van der Waals surface area contributed by atoms with Gasteiger partial charge in [-0.05, 0) is 76.2 Å². The number of hydrogen-bond donors (Lipinski definition) is 1. The van der Waals surface area contributed by atoms with Crippen molar-refractivity contribution in [3.63, 3.8) is 0 Å². The average Bonchev–Trinajstić information content (AvgIpc) is 3.41. The lowest BCUT2D eigenvalue weighted by Crippen LogP contribution is -2.44. The normalized spacial score (nSPS) is 11.9. The zero-order chi connectivity index (χ0) is 28.9. The van der Waals surface area contributed by atoms with Gasteiger partial charge in [-0.3, -0.25) is 4.79 Å². The van der Waals surface area contributed by atoms with Gasteiger partial charge in [0.05, 0.1) is 13.7 Å². The van der Waals surface area contributed by atoms with Crippen LogP contribution in [0.15, 0.2) is 97.1 Å². The van der Waals surface area contributed by atoms with Crippen molar-refractivity contribution in [3.05, 3.63) is 123 Å². The van der Waals surface area contributed by atoms with Gasteiger partial charge in [-0.2, -0.15) is 0 Å². The van der Waals surface area contributed by atoms with Crippen LogP contribution in [-0.4, -0.2) is 35.3 Å². The number of methoxy groups -OCH3 is 1. The predicted octanol–water partition coefficient (Wildman–Crippen LogP) is 7.94. The number of carbonyl (C=O) groups excluding carboxylic acids is 2. The minimum Gasteiger partial charge on any atom is -0.508 e. The Hall–Kier alpha value is -3.88. The number of halogens is 2. The summed E-state index contributed by atoms with van der Waals surface area (Å²) < 4.78 is 6.01. The summed E-state index contributed by atoms with van der Waals surface area (Å²) >= 11 is 13.4. The number of thiophene rings is 1. The molecule has 0 aliphatic carbocycles. The highest BCUT2D eigenvalue weighted by Crippen LogP contribution is 2.32. The van der Waals surface area contributed by atoms with Gasteiger partial charge in [0.1, 0.15) is 16.7 Å². The SMILES string of the molecule is COC(=O)[C@H](Cc1ccc(O)cc1)N(Cc1ccc(Cl)cc1)OC(=O)c1cc2ccc(-c3ccc(Cl)cc3)cc2s1. The Labute approximate surface area is 251 Å². The summed E-state index contributed by atoms with van der Waals surface area (Å²) in [6.45, 7) is 0.117. The summed E-state index contributed by atoms with van der Waals surface area (Å²) in [5.41, 5.74) is 3.55. The van der Waals surface area contributed by atoms with Crippen molar-refractivity contribution in [3.8, 4) is 16.9 Å². The molecule has 208 valence electrons. The highest BCUT2D eigenvalue weighted by atomic mass is 35.5. The molecule has 1 atom stereocenters. The maximum atomic E-state index is 13.5. The number of hydrogen-bond acceptors (Lipinski definition) is 7. The Morgan fingerprint density at radius 1 is 0.829 bits per heavy atom. The molecule has 5 rings (SSSR count). The fourth-order valence-electron chi connectivity index (χ4n) is 4.38. The van der Waals surface area contributed by atoms with Crippen molar-refractivity contribution in [2.45, 2.75) is 19.0 Å². The number of aromatic hydroxyl groups is 1. The Bertz CT molecular complexity index is 1670. The molecule has 0 unspecified atom stereocenters. The summed E-state index contributed by atoms with van der Waals surface area (Å²) in [5, 5.41) is 13.2. The molecule has 9 heteroatoms. The smallest absolute Gasteiger partial charge is 0.367 e. The van der Waals surface area contributed by atoms with Gasteiger partial charge in [-0.25, -0.2) is 4.79 Å². The summed E-state index contributed by atoms with van der Waals surface area (Å²) in [6.07, 6.45) is 0.185. The first kappa shape index (κ1) is 28.6. The standard InChI is InChI=1S/C32H25Cl2NO5S/c1-39-31(37)28(16-20-4-14-27(36)15-5-20)35(19-21-2-10-25(33)11-3-21)40-32(38)30-18-24-7-6-23(17-29(24)41-30)22-8-12-26(34)13-9-22/h2-15,17-18,28,36H,16,19H2,1H3/t28-/m0/s1. The zero-order valence-electron chi connectivity index (χ0n) is 21.9. The molecule has 0 aliphatic rings. The van der Waals surface area contributed by atoms with Gasteiger partial charge >= 0.3 is 11.9 Å². The van der Waals surface area contributed by atoms with Crippen molar-refractivity contribution >= 4 is 56.6 Å². The van der Waals surface area contributed by atoms with Crippen LogP contribution in [0.1, 0.15) is 20.8 Å². The molecule has 4 aromatic carbocycles. The van der Waals surface area contributed by atoms with Gasteiger partial charge in [0.25, 0.3) is 0 Å². The Balaban J connectivity index is 1.44. The molecule has 1 aromatic heterocycles. The van der Waals surface area contributed by atoms with Gasteiger partial charge in [0.15, 0.2) is 0 Å². The molecule has 5 aromatic rings. The number of carbonyl (C=O) groups is 2. The predicted molar refractivity (Wildman–Crippen MR) is 162 cm³/mol. The third-order valence-corrected chi connectivity index (χ3v) is 8.12. The van der Waals surface area contributed by atoms with E-state index < -0.39 is 18.0 Å². The number of hydroxylamine groups is 2. The minimum absolute atomic E-state index is 0.108. The van der Waals surface area contributed by atoms with E-state index in [0.29, 0.717) is 14.9 Å². The van der Waals surface area contributed by atoms with Crippen LogP contribution in [0.2, 0.25) is 10.0 Å². The lowest BCUT2D eigenvalue weighted by molar-refractivity contribution is -0.177. The maximum Gasteiger partial charge on any atom is 0.367 e. The zero-order valence-corrected chi connectivity index (χ0v) is 24.2. The molecule has 0 spiro atoms. The van der Waals surface area contributed by atoms with E-state index in [-0.39, 0.29) is 18.7 Å². The quantitative estimate of drug-likeness (QED) is 0.136. The van der Waals surface area contributed by atoms with Gasteiger partial charge in [0, 0.05) is 21.2 Å². The lowest BCUT2D eigenvalue weighted by Gasteiger charge is -2.28. The number of fused-ring (bicyclic) bond motifs is 1. The molecule has 0 bridgehead atoms. The largest absolute Gasteiger partial charge is 0.508 e. The molecular weight excluding hydrogens is 581 g/mol. The van der Waals surface area contributed by atoms with E-state index in [9.17, 15) is 14.7 Å². The van der Waals surface area contributed by atoms with Gasteiger partial charge in [-0.1, -0.05) is 71.7 Å². The van der Waals surface area contributed by atoms with E-state index in [4.69, 9.17) is 32.8 Å². The molecule has 0 amide bonds. The topological polar surface area (TPSA) is 76.1 Å². The van der Waals surface area contributed by atoms with Crippen molar-refractivity contribution < 1.29 is 24.3 Å². The first-order valence-electron chi connectivity index (χ1n) is 12.7. The second kappa shape index (κ2) is 12.7. The molecule has 0 saturated heterocycles. The molecule has 0 fully saturated rings. The lowest BCUT2D eigenvalue weighted by atomic mass is 10.0. The summed E-state index contributed by atoms with van der Waals surface area (Å²) in [7, 11) is 1.29. The number of benzene rings is 4. The van der Waals surface area contributed by atoms with E-state index in [0.717, 1.165) is 32.3 Å². The fraction of sp³-hybridized carbons (Fsp3) is 0.125. The Kier molecular flexibility index (Phi) is 8.90. The number of nitrogens with zero attached hydrogens (tertiary/aromatic N) is 1. The Morgan fingerprint density at radius 2 is 1.44 bits per heavy atom. The van der Waals surface area contributed by atoms with Crippen molar-refractivity contribution in [1.29, 1.82) is 0 Å². The molecule has 0 saturated carbocycles. The molecule has 0 aliphatic heterocycles. The van der Waals surface area contributed by atoms with Crippen LogP contribution in [0.4, 0.5) is 0 Å². The minimum atomic E-state index is -0.949. The number of esters is 1. The van der Waals surface area contributed by atoms with Crippen molar-refractivity contribution in [1.82, 2.24) is 5.06 Å². The van der Waals surface area contributed by atoms with E-state index >= 15 is 0 Å². The molecular formula is C32H25Cl2NO5S. The molecule has 1 N–H and O–H groups in total. The van der Waals surface area contributed by atoms with Crippen LogP contribution < -0.4 is 0 Å². The average molecular weight is 607 g/mol. The fourth-order valence-corrected chi connectivity index (χ4v) is 5.60. The first-order valence-corrected chi connectivity index (χ1v) is 14.2. The van der Waals surface area contributed by atoms with Gasteiger partial charge in [-0.15, -0.1) is 16.4 Å². The van der Waals surface area contributed by atoms with E-state index in [1.165, 1.54) is 35.6 Å². The van der Waals surface area contributed by atoms with Crippen LogP contribution in [0, 0.1) is 0 Å². The number of ether oxygens (including phenoxy) is 1. The van der Waals surface area contributed by atoms with Crippen molar-refractivity contribution in [2.75, 3.05) is 7.11 Å². The van der Waals surface area contributed by atoms with E-state index in [1.807, 2.05) is 42.5 Å². The third-order valence-electron chi connectivity index (χ3n) is 6.54. The van der Waals surface area contributed by atoms with Gasteiger partial charge in [0.2, 0.25) is 0 Å². The van der Waals surface area contributed by atoms with E-state index in [1.54, 1.807) is 42.5 Å². The van der Waals surface area contributed by atoms with Crippen molar-refractivity contribution in [2.24, 2.45) is 0 Å². The highest BCUT2D eigenvalue weighted by Gasteiger charge is 2.31. The summed E-state index contributed by atoms with van der Waals surface area (Å²) in [6, 6.07) is 27.9. The second-order valence-electron chi connectivity index (χ2n) is 9.36. The summed E-state index contributed by atoms with van der Waals surface area (Å²) in [4.78, 5) is 32.8. The van der Waals surface area contributed by atoms with Crippen LogP contribution in [-0.2, 0) is 27.3 Å². The van der Waals surface area contributed by atoms with Crippen LogP contribution in [0.25, 0.3) is 21.2 Å². The number of phenols is 1. The van der Waals surface area contributed by atoms with Crippen LogP contribution >= 0.6 is 34.5 Å². The molecule has 1 heterocycles. The number of rotatable bonds is 9. The van der Waals surface area contributed by atoms with Crippen LogP contribution in [0.5, 0.6) is 5.75 Å². The van der Waals surface area contributed by atoms with E-state index in [2.05, 4.69) is 0 Å². The molecule has 6 nitrogen and oxygen atoms in total. The second-order valence-corrected chi connectivity index (χ2v) is 11.3. The number of phenolic OH excluding ortho intramolecular Hbond substituents is 1. The third kappa shape index (κ3) is 7.07. The van der Waals surface area contributed by atoms with Crippen LogP contribution in [0.3, 0.4) is 0 Å². The maximum absolute atomic E-state index is 13.5. The monoisotopic (exact) mass is 605 g/mol. The molecule has 0 radical (unpaired) electrons. The summed E-state index contributed by atoms with van der Waals surface area (Å²) in [5.74, 6) is -1.05. The molecule has 41 heavy (non-hydrogen) atoms. The highest BCUT2D eigenvalue weighted by molar-refractivity contribution is 7.20.